The fourth-order valence-corrected chi connectivity index (χ4v) is 2.59. The average Bonchev–Trinajstić information content (AvgIpc) is 2.83. The van der Waals surface area contributed by atoms with Crippen LogP contribution in [0.25, 0.3) is 10.8 Å². The largest absolute Gasteiger partial charge is 0.0623 e. The van der Waals surface area contributed by atoms with Gasteiger partial charge < -0.3 is 0 Å². The van der Waals surface area contributed by atoms with Crippen LogP contribution in [0.1, 0.15) is 11.1 Å². The Balaban J connectivity index is 0.000000146. The molecule has 0 unspecified atom stereocenters. The van der Waals surface area contributed by atoms with Gasteiger partial charge in [-0.15, -0.1) is 0 Å². The van der Waals surface area contributed by atoms with Gasteiger partial charge in [0.05, 0.1) is 0 Å². The van der Waals surface area contributed by atoms with Crippen molar-refractivity contribution >= 4 is 10.8 Å². The van der Waals surface area contributed by atoms with E-state index < -0.39 is 0 Å². The first kappa shape index (κ1) is 22.6. The van der Waals surface area contributed by atoms with Crippen molar-refractivity contribution < 1.29 is 0 Å². The summed E-state index contributed by atoms with van der Waals surface area (Å²) in [5.41, 5.74) is 2.64. The van der Waals surface area contributed by atoms with Gasteiger partial charge in [-0.05, 0) is 24.6 Å². The number of aryl methyl sites for hydroxylation is 2. The predicted octanol–water partition coefficient (Wildman–Crippen LogP) is 8.52. The molecule has 0 radical (unpaired) electrons. The van der Waals surface area contributed by atoms with E-state index in [2.05, 4.69) is 86.6 Å². The van der Waals surface area contributed by atoms with E-state index in [9.17, 15) is 0 Å². The lowest BCUT2D eigenvalue weighted by molar-refractivity contribution is 1.48. The first-order valence-corrected chi connectivity index (χ1v) is 10.2. The number of fused-ring (bicyclic) bond motifs is 1. The maximum absolute atomic E-state index is 2.12. The minimum atomic E-state index is 1.31. The summed E-state index contributed by atoms with van der Waals surface area (Å²) in [5.74, 6) is 0. The van der Waals surface area contributed by atoms with E-state index in [0.29, 0.717) is 0 Å². The smallest absolute Gasteiger partial charge is 0.0184 e. The molecule has 0 fully saturated rings. The monoisotopic (exact) mass is 390 g/mol. The van der Waals surface area contributed by atoms with Gasteiger partial charge in [0.1, 0.15) is 0 Å². The molecule has 0 spiro atoms. The molecule has 0 aliphatic rings. The summed E-state index contributed by atoms with van der Waals surface area (Å²) < 4.78 is 0. The van der Waals surface area contributed by atoms with Crippen LogP contribution in [0.4, 0.5) is 0 Å². The minimum Gasteiger partial charge on any atom is -0.0623 e. The average molecular weight is 391 g/mol. The van der Waals surface area contributed by atoms with E-state index in [0.717, 1.165) is 0 Å². The zero-order valence-corrected chi connectivity index (χ0v) is 17.9. The summed E-state index contributed by atoms with van der Waals surface area (Å²) in [6, 6.07) is 49.2. The summed E-state index contributed by atoms with van der Waals surface area (Å²) in [7, 11) is 0. The van der Waals surface area contributed by atoms with E-state index in [1.165, 1.54) is 21.9 Å². The first-order valence-electron chi connectivity index (χ1n) is 10.2. The summed E-state index contributed by atoms with van der Waals surface area (Å²) in [4.78, 5) is 0. The molecule has 0 heteroatoms. The maximum atomic E-state index is 2.12. The Kier molecular flexibility index (Phi) is 10.8. The van der Waals surface area contributed by atoms with Gasteiger partial charge in [0.25, 0.3) is 0 Å². The van der Waals surface area contributed by atoms with Crippen molar-refractivity contribution in [1.82, 2.24) is 0 Å². The predicted molar refractivity (Wildman–Crippen MR) is 133 cm³/mol. The van der Waals surface area contributed by atoms with E-state index in [1.807, 2.05) is 72.8 Å². The Morgan fingerprint density at radius 3 is 0.667 bits per heavy atom. The number of hydrogen-bond acceptors (Lipinski definition) is 0. The summed E-state index contributed by atoms with van der Waals surface area (Å²) in [5, 5.41) is 2.62. The molecule has 0 nitrogen and oxygen atoms in total. The van der Waals surface area contributed by atoms with Crippen LogP contribution < -0.4 is 0 Å². The molecule has 30 heavy (non-hydrogen) atoms. The van der Waals surface area contributed by atoms with Crippen LogP contribution in [0.3, 0.4) is 0 Å². The highest BCUT2D eigenvalue weighted by Crippen LogP contribution is 2.11. The lowest BCUT2D eigenvalue weighted by Gasteiger charge is -1.92. The van der Waals surface area contributed by atoms with Gasteiger partial charge in [-0.3, -0.25) is 0 Å². The highest BCUT2D eigenvalue weighted by molar-refractivity contribution is 5.82. The molecule has 0 heterocycles. The molecular formula is C30H30. The second-order valence-electron chi connectivity index (χ2n) is 6.81. The van der Waals surface area contributed by atoms with Crippen molar-refractivity contribution in [3.63, 3.8) is 0 Å². The molecule has 0 bridgehead atoms. The normalized spacial score (nSPS) is 9.00. The Bertz CT molecular complexity index is 906. The lowest BCUT2D eigenvalue weighted by Crippen LogP contribution is -1.67. The van der Waals surface area contributed by atoms with Gasteiger partial charge >= 0.3 is 0 Å². The Morgan fingerprint density at radius 2 is 0.467 bits per heavy atom. The number of rotatable bonds is 0. The molecule has 0 aromatic heterocycles. The molecule has 150 valence electrons. The molecule has 5 aromatic rings. The van der Waals surface area contributed by atoms with Gasteiger partial charge in [-0.1, -0.05) is 157 Å². The second-order valence-corrected chi connectivity index (χ2v) is 6.81. The summed E-state index contributed by atoms with van der Waals surface area (Å²) >= 11 is 0. The first-order chi connectivity index (χ1) is 14.8. The molecule has 0 aliphatic heterocycles. The highest BCUT2D eigenvalue weighted by Gasteiger charge is 1.85. The van der Waals surface area contributed by atoms with Gasteiger partial charge in [-0.25, -0.2) is 0 Å². The van der Waals surface area contributed by atoms with Gasteiger partial charge in [0, 0.05) is 0 Å². The molecular weight excluding hydrogens is 360 g/mol. The van der Waals surface area contributed by atoms with Crippen LogP contribution >= 0.6 is 0 Å². The third-order valence-corrected chi connectivity index (χ3v) is 4.21. The van der Waals surface area contributed by atoms with Crippen LogP contribution in [-0.4, -0.2) is 0 Å². The van der Waals surface area contributed by atoms with Crippen molar-refractivity contribution in [3.8, 4) is 0 Å². The molecule has 5 aromatic carbocycles. The number of hydrogen-bond donors (Lipinski definition) is 0. The SMILES string of the molecule is Cc1ccccc1.Cc1ccccc1.c1ccc2ccccc2c1.c1ccccc1. The van der Waals surface area contributed by atoms with Crippen molar-refractivity contribution in [2.24, 2.45) is 0 Å². The molecule has 0 atom stereocenters. The molecule has 0 saturated carbocycles. The quantitative estimate of drug-likeness (QED) is 0.248. The highest BCUT2D eigenvalue weighted by atomic mass is 13.9. The standard InChI is InChI=1S/C10H8.2C7H8.C6H6/c1-2-6-10-8-4-3-7-9(10)5-1;2*1-7-5-3-2-4-6-7;1-2-4-6-5-3-1/h1-8H;2*2-6H,1H3;1-6H. The Labute approximate surface area is 181 Å². The Hall–Kier alpha value is -3.64. The van der Waals surface area contributed by atoms with E-state index in [-0.39, 0.29) is 0 Å². The summed E-state index contributed by atoms with van der Waals surface area (Å²) in [6.07, 6.45) is 0. The fraction of sp³-hybridized carbons (Fsp3) is 0.0667. The topological polar surface area (TPSA) is 0 Å². The third kappa shape index (κ3) is 10.1. The number of benzene rings is 5. The minimum absolute atomic E-state index is 1.31. The molecule has 0 saturated heterocycles. The second kappa shape index (κ2) is 14.4. The van der Waals surface area contributed by atoms with Crippen LogP contribution in [0.15, 0.2) is 146 Å². The lowest BCUT2D eigenvalue weighted by atomic mass is 10.1. The summed E-state index contributed by atoms with van der Waals surface area (Å²) in [6.45, 7) is 4.17. The fourth-order valence-electron chi connectivity index (χ4n) is 2.59. The molecule has 0 N–H and O–H groups in total. The van der Waals surface area contributed by atoms with E-state index in [1.54, 1.807) is 0 Å². The molecule has 0 aliphatic carbocycles. The van der Waals surface area contributed by atoms with Crippen LogP contribution in [0, 0.1) is 13.8 Å². The molecule has 0 amide bonds. The van der Waals surface area contributed by atoms with Crippen molar-refractivity contribution in [3.05, 3.63) is 157 Å². The van der Waals surface area contributed by atoms with Crippen LogP contribution in [0.2, 0.25) is 0 Å². The third-order valence-electron chi connectivity index (χ3n) is 4.21. The van der Waals surface area contributed by atoms with E-state index in [4.69, 9.17) is 0 Å². The molecule has 5 rings (SSSR count). The van der Waals surface area contributed by atoms with Gasteiger partial charge in [-0.2, -0.15) is 0 Å². The van der Waals surface area contributed by atoms with Crippen LogP contribution in [0.5, 0.6) is 0 Å². The van der Waals surface area contributed by atoms with Crippen molar-refractivity contribution in [1.29, 1.82) is 0 Å². The van der Waals surface area contributed by atoms with Crippen molar-refractivity contribution in [2.45, 2.75) is 13.8 Å². The Morgan fingerprint density at radius 1 is 0.267 bits per heavy atom. The van der Waals surface area contributed by atoms with Crippen LogP contribution in [-0.2, 0) is 0 Å². The maximum Gasteiger partial charge on any atom is -0.0184 e. The zero-order valence-electron chi connectivity index (χ0n) is 17.9. The van der Waals surface area contributed by atoms with Gasteiger partial charge in [0.2, 0.25) is 0 Å². The van der Waals surface area contributed by atoms with E-state index >= 15 is 0 Å². The van der Waals surface area contributed by atoms with Gasteiger partial charge in [0.15, 0.2) is 0 Å². The van der Waals surface area contributed by atoms with Crippen molar-refractivity contribution in [2.75, 3.05) is 0 Å². The zero-order chi connectivity index (χ0) is 21.3.